The zero-order valence-corrected chi connectivity index (χ0v) is 10.2. The van der Waals surface area contributed by atoms with Gasteiger partial charge in [0.05, 0.1) is 6.33 Å². The van der Waals surface area contributed by atoms with Gasteiger partial charge in [-0.1, -0.05) is 0 Å². The summed E-state index contributed by atoms with van der Waals surface area (Å²) in [5.41, 5.74) is 0.513. The van der Waals surface area contributed by atoms with Crippen molar-refractivity contribution in [1.82, 2.24) is 14.5 Å². The summed E-state index contributed by atoms with van der Waals surface area (Å²) in [5.74, 6) is 0.518. The Morgan fingerprint density at radius 3 is 3.06 bits per heavy atom. The standard InChI is InChI=1S/C11H16ClN3O/c1-14-7-10(13-8-14)11(16)15-5-3-2-4-9(15)6-12/h7-9H,2-6H2,1H3. The third-order valence-corrected chi connectivity index (χ3v) is 3.35. The van der Waals surface area contributed by atoms with E-state index in [4.69, 9.17) is 11.6 Å². The fourth-order valence-corrected chi connectivity index (χ4v) is 2.42. The number of aryl methyl sites for hydroxylation is 1. The number of rotatable bonds is 2. The highest BCUT2D eigenvalue weighted by atomic mass is 35.5. The number of amides is 1. The van der Waals surface area contributed by atoms with Gasteiger partial charge in [-0.15, -0.1) is 11.6 Å². The minimum atomic E-state index is 0.00551. The molecule has 2 rings (SSSR count). The first kappa shape index (κ1) is 11.5. The van der Waals surface area contributed by atoms with Crippen LogP contribution in [0.4, 0.5) is 0 Å². The Morgan fingerprint density at radius 2 is 2.44 bits per heavy atom. The lowest BCUT2D eigenvalue weighted by Crippen LogP contribution is -2.44. The molecule has 16 heavy (non-hydrogen) atoms. The lowest BCUT2D eigenvalue weighted by molar-refractivity contribution is 0.0633. The average Bonchev–Trinajstić information content (AvgIpc) is 2.75. The van der Waals surface area contributed by atoms with Gasteiger partial charge in [-0.25, -0.2) is 4.98 Å². The van der Waals surface area contributed by atoms with Crippen LogP contribution in [0.2, 0.25) is 0 Å². The molecule has 1 atom stereocenters. The van der Waals surface area contributed by atoms with Crippen LogP contribution in [0.15, 0.2) is 12.5 Å². The average molecular weight is 242 g/mol. The molecule has 1 aliphatic rings. The first-order valence-corrected chi connectivity index (χ1v) is 6.10. The molecule has 2 heterocycles. The maximum Gasteiger partial charge on any atom is 0.274 e. The third kappa shape index (κ3) is 2.21. The van der Waals surface area contributed by atoms with Crippen LogP contribution < -0.4 is 0 Å². The summed E-state index contributed by atoms with van der Waals surface area (Å²) in [5, 5.41) is 0. The molecule has 4 nitrogen and oxygen atoms in total. The van der Waals surface area contributed by atoms with E-state index in [0.717, 1.165) is 25.8 Å². The minimum Gasteiger partial charge on any atom is -0.340 e. The van der Waals surface area contributed by atoms with Crippen molar-refractivity contribution in [2.45, 2.75) is 25.3 Å². The maximum atomic E-state index is 12.2. The van der Waals surface area contributed by atoms with E-state index in [0.29, 0.717) is 11.6 Å². The molecule has 88 valence electrons. The normalized spacial score (nSPS) is 21.1. The molecule has 0 bridgehead atoms. The summed E-state index contributed by atoms with van der Waals surface area (Å²) in [7, 11) is 1.86. The Labute approximate surface area is 100 Å². The maximum absolute atomic E-state index is 12.2. The number of hydrogen-bond donors (Lipinski definition) is 0. The SMILES string of the molecule is Cn1cnc(C(=O)N2CCCCC2CCl)c1. The van der Waals surface area contributed by atoms with Crippen LogP contribution in [0.1, 0.15) is 29.8 Å². The van der Waals surface area contributed by atoms with Gasteiger partial charge in [0.15, 0.2) is 0 Å². The van der Waals surface area contributed by atoms with Gasteiger partial charge in [0.1, 0.15) is 5.69 Å². The zero-order valence-electron chi connectivity index (χ0n) is 9.40. The number of halogens is 1. The van der Waals surface area contributed by atoms with Crippen LogP contribution >= 0.6 is 11.6 Å². The van der Waals surface area contributed by atoms with E-state index in [1.54, 1.807) is 17.1 Å². The van der Waals surface area contributed by atoms with E-state index in [9.17, 15) is 4.79 Å². The topological polar surface area (TPSA) is 38.1 Å². The Balaban J connectivity index is 2.13. The lowest BCUT2D eigenvalue weighted by Gasteiger charge is -2.34. The minimum absolute atomic E-state index is 0.00551. The van der Waals surface area contributed by atoms with Crippen LogP contribution in [0.5, 0.6) is 0 Å². The second-order valence-corrected chi connectivity index (χ2v) is 4.54. The molecule has 0 radical (unpaired) electrons. The van der Waals surface area contributed by atoms with E-state index in [-0.39, 0.29) is 11.9 Å². The number of carbonyl (C=O) groups is 1. The number of imidazole rings is 1. The Hall–Kier alpha value is -1.03. The molecule has 1 amide bonds. The van der Waals surface area contributed by atoms with E-state index in [2.05, 4.69) is 4.98 Å². The van der Waals surface area contributed by atoms with Crippen molar-refractivity contribution in [2.24, 2.45) is 7.05 Å². The predicted molar refractivity (Wildman–Crippen MR) is 62.6 cm³/mol. The molecule has 0 aliphatic carbocycles. The number of likely N-dealkylation sites (tertiary alicyclic amines) is 1. The van der Waals surface area contributed by atoms with E-state index in [1.807, 2.05) is 11.9 Å². The Kier molecular flexibility index (Phi) is 3.49. The van der Waals surface area contributed by atoms with E-state index >= 15 is 0 Å². The van der Waals surface area contributed by atoms with Crippen molar-refractivity contribution in [1.29, 1.82) is 0 Å². The third-order valence-electron chi connectivity index (χ3n) is 2.99. The molecule has 0 spiro atoms. The number of carbonyl (C=O) groups excluding carboxylic acids is 1. The van der Waals surface area contributed by atoms with Gasteiger partial charge in [-0.2, -0.15) is 0 Å². The summed E-state index contributed by atoms with van der Waals surface area (Å²) in [4.78, 5) is 18.1. The van der Waals surface area contributed by atoms with Crippen molar-refractivity contribution in [3.05, 3.63) is 18.2 Å². The fraction of sp³-hybridized carbons (Fsp3) is 0.636. The van der Waals surface area contributed by atoms with Gasteiger partial charge in [-0.05, 0) is 19.3 Å². The van der Waals surface area contributed by atoms with Gasteiger partial charge < -0.3 is 9.47 Å². The number of aromatic nitrogens is 2. The lowest BCUT2D eigenvalue weighted by atomic mass is 10.0. The Morgan fingerprint density at radius 1 is 1.62 bits per heavy atom. The van der Waals surface area contributed by atoms with Gasteiger partial charge in [0.25, 0.3) is 5.91 Å². The second kappa shape index (κ2) is 4.87. The fourth-order valence-electron chi connectivity index (χ4n) is 2.10. The highest BCUT2D eigenvalue weighted by molar-refractivity contribution is 6.18. The van der Waals surface area contributed by atoms with E-state index < -0.39 is 0 Å². The number of alkyl halides is 1. The Bertz CT molecular complexity index is 377. The molecular weight excluding hydrogens is 226 g/mol. The first-order chi connectivity index (χ1) is 7.72. The summed E-state index contributed by atoms with van der Waals surface area (Å²) >= 11 is 5.89. The molecule has 0 saturated carbocycles. The molecule has 0 aromatic carbocycles. The molecule has 1 unspecified atom stereocenters. The summed E-state index contributed by atoms with van der Waals surface area (Å²) in [6.07, 6.45) is 6.62. The van der Waals surface area contributed by atoms with Crippen molar-refractivity contribution in [3.63, 3.8) is 0 Å². The predicted octanol–water partition coefficient (Wildman–Crippen LogP) is 1.65. The quantitative estimate of drug-likeness (QED) is 0.739. The molecule has 1 saturated heterocycles. The van der Waals surface area contributed by atoms with Crippen molar-refractivity contribution < 1.29 is 4.79 Å². The molecular formula is C11H16ClN3O. The molecule has 1 aliphatic heterocycles. The van der Waals surface area contributed by atoms with Crippen LogP contribution in [-0.2, 0) is 7.05 Å². The molecule has 5 heteroatoms. The zero-order chi connectivity index (χ0) is 11.5. The largest absolute Gasteiger partial charge is 0.340 e. The first-order valence-electron chi connectivity index (χ1n) is 5.57. The van der Waals surface area contributed by atoms with Gasteiger partial charge in [0, 0.05) is 31.7 Å². The van der Waals surface area contributed by atoms with Crippen molar-refractivity contribution in [2.75, 3.05) is 12.4 Å². The number of nitrogens with zero attached hydrogens (tertiary/aromatic N) is 3. The summed E-state index contributed by atoms with van der Waals surface area (Å²) in [6.45, 7) is 0.798. The molecule has 1 fully saturated rings. The summed E-state index contributed by atoms with van der Waals surface area (Å²) < 4.78 is 1.78. The van der Waals surface area contributed by atoms with Crippen LogP contribution in [0.25, 0.3) is 0 Å². The number of hydrogen-bond acceptors (Lipinski definition) is 2. The molecule has 1 aromatic rings. The van der Waals surface area contributed by atoms with Crippen LogP contribution in [-0.4, -0.2) is 38.8 Å². The van der Waals surface area contributed by atoms with E-state index in [1.165, 1.54) is 0 Å². The van der Waals surface area contributed by atoms with Crippen LogP contribution in [0, 0.1) is 0 Å². The molecule has 0 N–H and O–H groups in total. The second-order valence-electron chi connectivity index (χ2n) is 4.23. The molecule has 1 aromatic heterocycles. The monoisotopic (exact) mass is 241 g/mol. The highest BCUT2D eigenvalue weighted by Crippen LogP contribution is 2.19. The van der Waals surface area contributed by atoms with Crippen molar-refractivity contribution in [3.8, 4) is 0 Å². The number of piperidine rings is 1. The van der Waals surface area contributed by atoms with Crippen LogP contribution in [0.3, 0.4) is 0 Å². The highest BCUT2D eigenvalue weighted by Gasteiger charge is 2.27. The smallest absolute Gasteiger partial charge is 0.274 e. The van der Waals surface area contributed by atoms with Gasteiger partial charge in [0.2, 0.25) is 0 Å². The van der Waals surface area contributed by atoms with Gasteiger partial charge in [-0.3, -0.25) is 4.79 Å². The summed E-state index contributed by atoms with van der Waals surface area (Å²) in [6, 6.07) is 0.171. The van der Waals surface area contributed by atoms with Crippen molar-refractivity contribution >= 4 is 17.5 Å². The van der Waals surface area contributed by atoms with Gasteiger partial charge >= 0.3 is 0 Å².